The first-order valence-electron chi connectivity index (χ1n) is 8.45. The van der Waals surface area contributed by atoms with Crippen LogP contribution < -0.4 is 4.74 Å². The van der Waals surface area contributed by atoms with E-state index in [1.54, 1.807) is 0 Å². The van der Waals surface area contributed by atoms with E-state index in [4.69, 9.17) is 4.74 Å². The third-order valence-corrected chi connectivity index (χ3v) is 4.57. The Morgan fingerprint density at radius 1 is 0.952 bits per heavy atom. The molecule has 0 fully saturated rings. The molecule has 1 heteroatoms. The fourth-order valence-corrected chi connectivity index (χ4v) is 3.35. The molecule has 21 heavy (non-hydrogen) atoms. The normalized spacial score (nSPS) is 14.0. The van der Waals surface area contributed by atoms with E-state index in [1.807, 2.05) is 30.3 Å². The second-order valence-electron chi connectivity index (χ2n) is 7.99. The van der Waals surface area contributed by atoms with E-state index < -0.39 is 0 Å². The highest BCUT2D eigenvalue weighted by molar-refractivity contribution is 5.21. The molecule has 1 aromatic rings. The second kappa shape index (κ2) is 7.87. The predicted molar refractivity (Wildman–Crippen MR) is 92.8 cm³/mol. The number of hydrogen-bond acceptors (Lipinski definition) is 1. The molecule has 0 saturated carbocycles. The fourth-order valence-electron chi connectivity index (χ4n) is 3.35. The molecule has 0 aromatic heterocycles. The molecule has 0 spiro atoms. The van der Waals surface area contributed by atoms with Gasteiger partial charge in [-0.05, 0) is 29.4 Å². The molecule has 0 aliphatic rings. The van der Waals surface area contributed by atoms with E-state index >= 15 is 0 Å². The van der Waals surface area contributed by atoms with Crippen LogP contribution in [-0.2, 0) is 0 Å². The maximum absolute atomic E-state index is 6.09. The summed E-state index contributed by atoms with van der Waals surface area (Å²) >= 11 is 0. The minimum Gasteiger partial charge on any atom is -0.493 e. The Bertz CT molecular complexity index is 386. The number of benzene rings is 1. The molecule has 1 atom stereocenters. The monoisotopic (exact) mass is 290 g/mol. The first-order chi connectivity index (χ1) is 9.77. The van der Waals surface area contributed by atoms with Gasteiger partial charge in [0.1, 0.15) is 5.75 Å². The highest BCUT2D eigenvalue weighted by Gasteiger charge is 2.38. The minimum atomic E-state index is 0.254. The van der Waals surface area contributed by atoms with Gasteiger partial charge >= 0.3 is 0 Å². The third kappa shape index (κ3) is 6.11. The summed E-state index contributed by atoms with van der Waals surface area (Å²) < 4.78 is 6.09. The van der Waals surface area contributed by atoms with Crippen LogP contribution in [0.15, 0.2) is 30.3 Å². The van der Waals surface area contributed by atoms with E-state index in [9.17, 15) is 0 Å². The van der Waals surface area contributed by atoms with Gasteiger partial charge in [0, 0.05) is 5.92 Å². The second-order valence-corrected chi connectivity index (χ2v) is 7.99. The lowest BCUT2D eigenvalue weighted by molar-refractivity contribution is 0.0314. The van der Waals surface area contributed by atoms with Crippen LogP contribution in [0.4, 0.5) is 0 Å². The summed E-state index contributed by atoms with van der Waals surface area (Å²) in [5.74, 6) is 1.53. The SMILES string of the molecule is CCCCCC(C)(C)C(COc1ccccc1)C(C)(C)C. The largest absolute Gasteiger partial charge is 0.493 e. The summed E-state index contributed by atoms with van der Waals surface area (Å²) in [6, 6.07) is 10.2. The molecule has 1 aromatic carbocycles. The summed E-state index contributed by atoms with van der Waals surface area (Å²) in [4.78, 5) is 0. The van der Waals surface area contributed by atoms with Crippen molar-refractivity contribution in [1.82, 2.24) is 0 Å². The van der Waals surface area contributed by atoms with Crippen molar-refractivity contribution in [2.45, 2.75) is 67.2 Å². The number of ether oxygens (including phenoxy) is 1. The maximum Gasteiger partial charge on any atom is 0.119 e. The van der Waals surface area contributed by atoms with Crippen molar-refractivity contribution in [3.63, 3.8) is 0 Å². The van der Waals surface area contributed by atoms with Crippen molar-refractivity contribution < 1.29 is 4.74 Å². The van der Waals surface area contributed by atoms with E-state index in [0.29, 0.717) is 11.3 Å². The van der Waals surface area contributed by atoms with Gasteiger partial charge in [-0.15, -0.1) is 0 Å². The zero-order valence-electron chi connectivity index (χ0n) is 14.9. The fraction of sp³-hybridized carbons (Fsp3) is 0.700. The Balaban J connectivity index is 2.71. The van der Waals surface area contributed by atoms with Crippen LogP contribution in [0.25, 0.3) is 0 Å². The van der Waals surface area contributed by atoms with Crippen LogP contribution in [-0.4, -0.2) is 6.61 Å². The topological polar surface area (TPSA) is 9.23 Å². The molecule has 0 saturated heterocycles. The molecule has 0 aliphatic carbocycles. The van der Waals surface area contributed by atoms with Gasteiger partial charge < -0.3 is 4.74 Å². The van der Waals surface area contributed by atoms with Gasteiger partial charge in [-0.2, -0.15) is 0 Å². The molecular weight excluding hydrogens is 256 g/mol. The lowest BCUT2D eigenvalue weighted by Crippen LogP contribution is -2.39. The van der Waals surface area contributed by atoms with Gasteiger partial charge in [-0.25, -0.2) is 0 Å². The molecular formula is C20H34O. The van der Waals surface area contributed by atoms with Crippen molar-refractivity contribution in [3.05, 3.63) is 30.3 Å². The molecule has 0 bridgehead atoms. The first-order valence-corrected chi connectivity index (χ1v) is 8.45. The van der Waals surface area contributed by atoms with Crippen LogP contribution in [0.1, 0.15) is 67.2 Å². The van der Waals surface area contributed by atoms with Crippen molar-refractivity contribution in [2.24, 2.45) is 16.7 Å². The average molecular weight is 290 g/mol. The number of rotatable bonds is 8. The summed E-state index contributed by atoms with van der Waals surface area (Å²) in [6.45, 7) is 14.9. The zero-order valence-corrected chi connectivity index (χ0v) is 14.9. The van der Waals surface area contributed by atoms with Crippen molar-refractivity contribution in [3.8, 4) is 5.75 Å². The lowest BCUT2D eigenvalue weighted by Gasteiger charge is -2.43. The Hall–Kier alpha value is -0.980. The van der Waals surface area contributed by atoms with E-state index in [2.05, 4.69) is 41.5 Å². The zero-order chi connectivity index (χ0) is 15.9. The molecule has 0 aliphatic heterocycles. The van der Waals surface area contributed by atoms with E-state index in [1.165, 1.54) is 25.7 Å². The number of unbranched alkanes of at least 4 members (excludes halogenated alkanes) is 2. The van der Waals surface area contributed by atoms with Crippen LogP contribution in [0, 0.1) is 16.7 Å². The summed E-state index contributed by atoms with van der Waals surface area (Å²) in [5.41, 5.74) is 0.562. The Morgan fingerprint density at radius 2 is 1.57 bits per heavy atom. The highest BCUT2D eigenvalue weighted by Crippen LogP contribution is 2.43. The highest BCUT2D eigenvalue weighted by atomic mass is 16.5. The molecule has 0 radical (unpaired) electrons. The van der Waals surface area contributed by atoms with Gasteiger partial charge in [0.2, 0.25) is 0 Å². The van der Waals surface area contributed by atoms with Crippen LogP contribution in [0.2, 0.25) is 0 Å². The summed E-state index contributed by atoms with van der Waals surface area (Å²) in [5, 5.41) is 0. The quantitative estimate of drug-likeness (QED) is 0.508. The molecule has 0 amide bonds. The Kier molecular flexibility index (Phi) is 6.77. The summed E-state index contributed by atoms with van der Waals surface area (Å²) in [7, 11) is 0. The number of hydrogen-bond donors (Lipinski definition) is 0. The molecule has 0 heterocycles. The van der Waals surface area contributed by atoms with Crippen LogP contribution in [0.3, 0.4) is 0 Å². The molecule has 120 valence electrons. The molecule has 0 N–H and O–H groups in total. The van der Waals surface area contributed by atoms with E-state index in [0.717, 1.165) is 12.4 Å². The van der Waals surface area contributed by atoms with Gasteiger partial charge in [0.05, 0.1) is 6.61 Å². The molecule has 1 rings (SSSR count). The van der Waals surface area contributed by atoms with Gasteiger partial charge in [0.25, 0.3) is 0 Å². The molecule has 1 nitrogen and oxygen atoms in total. The van der Waals surface area contributed by atoms with Gasteiger partial charge in [-0.3, -0.25) is 0 Å². The van der Waals surface area contributed by atoms with Crippen molar-refractivity contribution in [2.75, 3.05) is 6.61 Å². The number of para-hydroxylation sites is 1. The first kappa shape index (κ1) is 18.1. The smallest absolute Gasteiger partial charge is 0.119 e. The molecule has 1 unspecified atom stereocenters. The van der Waals surface area contributed by atoms with Crippen LogP contribution >= 0.6 is 0 Å². The maximum atomic E-state index is 6.09. The van der Waals surface area contributed by atoms with Crippen molar-refractivity contribution >= 4 is 0 Å². The van der Waals surface area contributed by atoms with Crippen molar-refractivity contribution in [1.29, 1.82) is 0 Å². The Labute approximate surface area is 132 Å². The average Bonchev–Trinajstić information content (AvgIpc) is 2.38. The van der Waals surface area contributed by atoms with Gasteiger partial charge in [-0.1, -0.05) is 79.0 Å². The van der Waals surface area contributed by atoms with E-state index in [-0.39, 0.29) is 5.41 Å². The standard InChI is InChI=1S/C20H34O/c1-7-8-12-15-20(5,6)18(19(2,3)4)16-21-17-13-10-9-11-14-17/h9-11,13-14,18H,7-8,12,15-16H2,1-6H3. The minimum absolute atomic E-state index is 0.254. The van der Waals surface area contributed by atoms with Crippen LogP contribution in [0.5, 0.6) is 5.75 Å². The Morgan fingerprint density at radius 3 is 2.10 bits per heavy atom. The van der Waals surface area contributed by atoms with Gasteiger partial charge in [0.15, 0.2) is 0 Å². The third-order valence-electron chi connectivity index (χ3n) is 4.57. The predicted octanol–water partition coefficient (Wildman–Crippen LogP) is 6.33. The lowest BCUT2D eigenvalue weighted by atomic mass is 9.64. The summed E-state index contributed by atoms with van der Waals surface area (Å²) in [6.07, 6.45) is 5.22.